The predicted octanol–water partition coefficient (Wildman–Crippen LogP) is 23.3. The van der Waals surface area contributed by atoms with Crippen LogP contribution in [0.1, 0.15) is 348 Å². The molecule has 0 heterocycles. The lowest BCUT2D eigenvalue weighted by Crippen LogP contribution is -2.45. The lowest BCUT2D eigenvalue weighted by molar-refractivity contribution is -0.870. The molecule has 3 N–H and O–H groups in total. The largest absolute Gasteiger partial charge is 0.472 e. The van der Waals surface area contributed by atoms with E-state index in [4.69, 9.17) is 9.05 Å². The normalized spacial score (nSPS) is 14.0. The highest BCUT2D eigenvalue weighted by Gasteiger charge is 2.28. The van der Waals surface area contributed by atoms with Crippen LogP contribution in [0.3, 0.4) is 0 Å². The number of nitrogens with zero attached hydrogens (tertiary/aromatic N) is 1. The van der Waals surface area contributed by atoms with E-state index in [0.717, 1.165) is 57.8 Å². The van der Waals surface area contributed by atoms with E-state index in [1.54, 1.807) is 6.08 Å². The number of carbonyl (C=O) groups is 1. The summed E-state index contributed by atoms with van der Waals surface area (Å²) in [5.41, 5.74) is 0. The number of phosphoric acid groups is 1. The van der Waals surface area contributed by atoms with Gasteiger partial charge >= 0.3 is 7.82 Å². The maximum absolute atomic E-state index is 13.1. The second kappa shape index (κ2) is 65.4. The van der Waals surface area contributed by atoms with E-state index in [0.29, 0.717) is 17.4 Å². The first kappa shape index (κ1) is 81.9. The van der Waals surface area contributed by atoms with Crippen LogP contribution in [0.2, 0.25) is 0 Å². The van der Waals surface area contributed by atoms with E-state index in [1.165, 1.54) is 270 Å². The van der Waals surface area contributed by atoms with E-state index in [2.05, 4.69) is 79.9 Å². The molecule has 3 atom stereocenters. The van der Waals surface area contributed by atoms with Crippen molar-refractivity contribution in [2.24, 2.45) is 0 Å². The van der Waals surface area contributed by atoms with Crippen LogP contribution in [0.15, 0.2) is 72.9 Å². The number of aliphatic hydroxyl groups is 1. The molecule has 0 fully saturated rings. The van der Waals surface area contributed by atoms with Gasteiger partial charge in [0, 0.05) is 6.42 Å². The van der Waals surface area contributed by atoms with Gasteiger partial charge in [-0.2, -0.15) is 0 Å². The van der Waals surface area contributed by atoms with E-state index >= 15 is 0 Å². The molecule has 0 saturated heterocycles. The monoisotopic (exact) mass is 1200 g/mol. The molecule has 0 saturated carbocycles. The Hall–Kier alpha value is -2.06. The summed E-state index contributed by atoms with van der Waals surface area (Å²) in [6.45, 7) is 4.82. The number of carbonyl (C=O) groups excluding carboxylic acids is 1. The Morgan fingerprint density at radius 3 is 1.04 bits per heavy atom. The van der Waals surface area contributed by atoms with E-state index in [1.807, 2.05) is 27.2 Å². The van der Waals surface area contributed by atoms with Crippen molar-refractivity contribution < 1.29 is 32.9 Å². The topological polar surface area (TPSA) is 105 Å². The number of amides is 1. The molecule has 0 rings (SSSR count). The van der Waals surface area contributed by atoms with Crippen molar-refractivity contribution >= 4 is 13.7 Å². The fourth-order valence-corrected chi connectivity index (χ4v) is 11.5. The van der Waals surface area contributed by atoms with Crippen LogP contribution in [-0.2, 0) is 18.4 Å². The number of phosphoric ester groups is 1. The van der Waals surface area contributed by atoms with Gasteiger partial charge in [-0.25, -0.2) is 4.57 Å². The van der Waals surface area contributed by atoms with Crippen molar-refractivity contribution in [3.05, 3.63) is 72.9 Å². The van der Waals surface area contributed by atoms with Crippen LogP contribution >= 0.6 is 7.82 Å². The first-order chi connectivity index (χ1) is 41.0. The Bertz CT molecular complexity index is 1600. The number of unbranched alkanes of at least 4 members (excludes halogenated alkanes) is 44. The number of rotatable bonds is 67. The molecule has 1 amide bonds. The smallest absolute Gasteiger partial charge is 0.387 e. The molecule has 84 heavy (non-hydrogen) atoms. The summed E-state index contributed by atoms with van der Waals surface area (Å²) in [6, 6.07) is -0.875. The zero-order chi connectivity index (χ0) is 61.2. The second-order valence-corrected chi connectivity index (χ2v) is 27.4. The maximum atomic E-state index is 13.1. The van der Waals surface area contributed by atoms with Crippen molar-refractivity contribution in [2.45, 2.75) is 360 Å². The van der Waals surface area contributed by atoms with Gasteiger partial charge < -0.3 is 19.8 Å². The molecule has 0 aromatic rings. The standard InChI is InChI=1S/C75H141N2O6P/c1-6-8-10-12-14-16-18-20-22-24-26-28-30-32-34-36-38-40-42-44-46-48-50-52-54-56-58-60-62-64-66-68-74(78)73(72-83-84(80,81)82-71-70-77(3,4)5)76-75(79)69-67-65-63-61-59-57-55-53-51-49-47-45-43-41-39-37-35-33-31-29-27-25-23-21-19-17-15-13-11-9-7-2/h19,21,25,27,31,33,50,52,58,60,66,68,73-74,78H,6-18,20,22-24,26,28-30,32,34-49,51,53-57,59,61-65,67,69-72H2,1-5H3,(H-,76,79,80,81)/p+1/b21-19-,27-25-,33-31-,52-50+,60-58+,68-66+. The molecule has 0 aliphatic heterocycles. The molecule has 8 nitrogen and oxygen atoms in total. The number of quaternary nitrogens is 1. The number of hydrogen-bond acceptors (Lipinski definition) is 5. The van der Waals surface area contributed by atoms with Gasteiger partial charge in [0.2, 0.25) is 5.91 Å². The maximum Gasteiger partial charge on any atom is 0.472 e. The number of hydrogen-bond donors (Lipinski definition) is 3. The van der Waals surface area contributed by atoms with Crippen LogP contribution in [0.4, 0.5) is 0 Å². The van der Waals surface area contributed by atoms with Crippen LogP contribution < -0.4 is 5.32 Å². The number of allylic oxidation sites excluding steroid dienone is 11. The fourth-order valence-electron chi connectivity index (χ4n) is 10.7. The fraction of sp³-hybridized carbons (Fsp3) is 0.827. The first-order valence-corrected chi connectivity index (χ1v) is 37.8. The highest BCUT2D eigenvalue weighted by Crippen LogP contribution is 2.43. The minimum atomic E-state index is -4.37. The molecular weight excluding hydrogens is 1060 g/mol. The van der Waals surface area contributed by atoms with Gasteiger partial charge in [-0.3, -0.25) is 13.8 Å². The third-order valence-corrected chi connectivity index (χ3v) is 17.4. The SMILES string of the molecule is CCCCCCC/C=C\C/C=C\C/C=C\CCCCCCCCCCCCCCCCCCC(=O)NC(COP(=O)(O)OCC[N+](C)(C)C)C(O)/C=C/CC/C=C/CC/C=C/CCCCCCCCCCCCCCCCCCCCCCC. The summed E-state index contributed by atoms with van der Waals surface area (Å²) in [5, 5.41) is 14.0. The zero-order valence-electron chi connectivity index (χ0n) is 56.4. The number of nitrogens with one attached hydrogen (secondary N) is 1. The third kappa shape index (κ3) is 67.4. The Labute approximate surface area is 523 Å². The Morgan fingerprint density at radius 1 is 0.405 bits per heavy atom. The molecule has 0 aromatic heterocycles. The van der Waals surface area contributed by atoms with Gasteiger partial charge in [0.1, 0.15) is 13.2 Å². The Kier molecular flexibility index (Phi) is 63.8. The van der Waals surface area contributed by atoms with Crippen molar-refractivity contribution in [1.29, 1.82) is 0 Å². The zero-order valence-corrected chi connectivity index (χ0v) is 57.3. The Morgan fingerprint density at radius 2 is 0.690 bits per heavy atom. The van der Waals surface area contributed by atoms with E-state index < -0.39 is 20.0 Å². The highest BCUT2D eigenvalue weighted by molar-refractivity contribution is 7.47. The lowest BCUT2D eigenvalue weighted by Gasteiger charge is -2.25. The quantitative estimate of drug-likeness (QED) is 0.0243. The average Bonchev–Trinajstić information content (AvgIpc) is 3.56. The second-order valence-electron chi connectivity index (χ2n) is 25.9. The van der Waals surface area contributed by atoms with Gasteiger partial charge in [0.25, 0.3) is 0 Å². The van der Waals surface area contributed by atoms with Gasteiger partial charge in [0.05, 0.1) is 39.9 Å². The average molecular weight is 1200 g/mol. The predicted molar refractivity (Wildman–Crippen MR) is 369 cm³/mol. The molecule has 0 aliphatic rings. The summed E-state index contributed by atoms with van der Waals surface area (Å²) in [6.07, 6.45) is 92.1. The van der Waals surface area contributed by atoms with Gasteiger partial charge in [-0.05, 0) is 83.5 Å². The summed E-state index contributed by atoms with van der Waals surface area (Å²) >= 11 is 0. The van der Waals surface area contributed by atoms with Crippen LogP contribution in [0, 0.1) is 0 Å². The van der Waals surface area contributed by atoms with Crippen LogP contribution in [-0.4, -0.2) is 73.4 Å². The summed E-state index contributed by atoms with van der Waals surface area (Å²) in [4.78, 5) is 23.4. The molecular formula is C75H142N2O6P+. The minimum absolute atomic E-state index is 0.0522. The molecule has 3 unspecified atom stereocenters. The van der Waals surface area contributed by atoms with Gasteiger partial charge in [-0.15, -0.1) is 0 Å². The highest BCUT2D eigenvalue weighted by atomic mass is 31.2. The Balaban J connectivity index is 4.11. The molecule has 0 aromatic carbocycles. The molecule has 0 radical (unpaired) electrons. The number of likely N-dealkylation sites (N-methyl/N-ethyl adjacent to an activating group) is 1. The van der Waals surface area contributed by atoms with E-state index in [-0.39, 0.29) is 19.1 Å². The van der Waals surface area contributed by atoms with Crippen LogP contribution in [0.25, 0.3) is 0 Å². The summed E-state index contributed by atoms with van der Waals surface area (Å²) in [5.74, 6) is -0.188. The first-order valence-electron chi connectivity index (χ1n) is 36.3. The third-order valence-electron chi connectivity index (χ3n) is 16.4. The van der Waals surface area contributed by atoms with Crippen LogP contribution in [0.5, 0.6) is 0 Å². The molecule has 0 spiro atoms. The molecule has 0 bridgehead atoms. The van der Waals surface area contributed by atoms with Crippen molar-refractivity contribution in [3.8, 4) is 0 Å². The molecule has 0 aliphatic carbocycles. The molecule has 492 valence electrons. The lowest BCUT2D eigenvalue weighted by atomic mass is 10.0. The summed E-state index contributed by atoms with van der Waals surface area (Å²) in [7, 11) is 1.55. The van der Waals surface area contributed by atoms with Gasteiger partial charge in [0.15, 0.2) is 0 Å². The molecule has 9 heteroatoms. The minimum Gasteiger partial charge on any atom is -0.387 e. The number of aliphatic hydroxyl groups excluding tert-OH is 1. The van der Waals surface area contributed by atoms with E-state index in [9.17, 15) is 19.4 Å². The van der Waals surface area contributed by atoms with Crippen molar-refractivity contribution in [1.82, 2.24) is 5.32 Å². The van der Waals surface area contributed by atoms with Crippen molar-refractivity contribution in [3.63, 3.8) is 0 Å². The van der Waals surface area contributed by atoms with Gasteiger partial charge in [-0.1, -0.05) is 331 Å². The summed E-state index contributed by atoms with van der Waals surface area (Å²) < 4.78 is 23.8. The van der Waals surface area contributed by atoms with Crippen molar-refractivity contribution in [2.75, 3.05) is 40.9 Å².